The normalized spacial score (nSPS) is 31.8. The fourth-order valence-corrected chi connectivity index (χ4v) is 2.06. The fraction of sp³-hybridized carbons (Fsp3) is 0.600. The lowest BCUT2D eigenvalue weighted by atomic mass is 9.89. The van der Waals surface area contributed by atoms with Crippen molar-refractivity contribution < 1.29 is 4.39 Å². The van der Waals surface area contributed by atoms with Crippen LogP contribution >= 0.6 is 0 Å². The molecule has 0 bridgehead atoms. The average Bonchev–Trinajstić information content (AvgIpc) is 2.23. The van der Waals surface area contributed by atoms with Crippen LogP contribution in [0.3, 0.4) is 0 Å². The summed E-state index contributed by atoms with van der Waals surface area (Å²) in [5.41, 5.74) is 3.45. The van der Waals surface area contributed by atoms with E-state index in [2.05, 4.69) is 26.5 Å². The summed E-state index contributed by atoms with van der Waals surface area (Å²) in [6, 6.07) is 0. The second-order valence-electron chi connectivity index (χ2n) is 5.05. The summed E-state index contributed by atoms with van der Waals surface area (Å²) in [6.07, 6.45) is 6.65. The first-order valence-electron chi connectivity index (χ1n) is 6.16. The van der Waals surface area contributed by atoms with E-state index in [4.69, 9.17) is 0 Å². The Kier molecular flexibility index (Phi) is 4.98. The Bertz CT molecular complexity index is 320. The summed E-state index contributed by atoms with van der Waals surface area (Å²) < 4.78 is 13.7. The van der Waals surface area contributed by atoms with E-state index in [0.717, 1.165) is 31.3 Å². The van der Waals surface area contributed by atoms with Crippen LogP contribution in [0.25, 0.3) is 0 Å². The second-order valence-corrected chi connectivity index (χ2v) is 5.05. The molecule has 0 heterocycles. The summed E-state index contributed by atoms with van der Waals surface area (Å²) in [5, 5.41) is 0. The molecule has 90 valence electrons. The monoisotopic (exact) mass is 222 g/mol. The number of hydrogen-bond donors (Lipinski definition) is 0. The van der Waals surface area contributed by atoms with Gasteiger partial charge < -0.3 is 0 Å². The van der Waals surface area contributed by atoms with E-state index in [-0.39, 0.29) is 5.83 Å². The molecule has 1 aliphatic rings. The minimum Gasteiger partial charge on any atom is -0.212 e. The molecular formula is C15H23F. The van der Waals surface area contributed by atoms with E-state index in [9.17, 15) is 4.39 Å². The van der Waals surface area contributed by atoms with E-state index in [0.29, 0.717) is 12.3 Å². The largest absolute Gasteiger partial charge is 0.212 e. The van der Waals surface area contributed by atoms with Gasteiger partial charge in [0.15, 0.2) is 0 Å². The molecule has 1 atom stereocenters. The van der Waals surface area contributed by atoms with Gasteiger partial charge in [-0.15, -0.1) is 0 Å². The fourth-order valence-electron chi connectivity index (χ4n) is 2.06. The van der Waals surface area contributed by atoms with Crippen LogP contribution in [0.2, 0.25) is 0 Å². The van der Waals surface area contributed by atoms with Gasteiger partial charge in [0.1, 0.15) is 0 Å². The maximum Gasteiger partial charge on any atom is 0.0991 e. The van der Waals surface area contributed by atoms with Crippen LogP contribution in [0.5, 0.6) is 0 Å². The Balaban J connectivity index is 2.80. The molecule has 0 aliphatic heterocycles. The molecule has 0 aromatic carbocycles. The van der Waals surface area contributed by atoms with E-state index in [1.807, 2.05) is 6.92 Å². The van der Waals surface area contributed by atoms with E-state index >= 15 is 0 Å². The number of rotatable bonds is 1. The average molecular weight is 222 g/mol. The summed E-state index contributed by atoms with van der Waals surface area (Å²) in [7, 11) is 0. The topological polar surface area (TPSA) is 0 Å². The van der Waals surface area contributed by atoms with Gasteiger partial charge in [0.2, 0.25) is 0 Å². The van der Waals surface area contributed by atoms with Crippen LogP contribution in [-0.4, -0.2) is 0 Å². The Morgan fingerprint density at radius 3 is 2.62 bits per heavy atom. The van der Waals surface area contributed by atoms with Crippen LogP contribution in [0.15, 0.2) is 35.2 Å². The third-order valence-electron chi connectivity index (χ3n) is 3.52. The molecule has 0 N–H and O–H groups in total. The first-order chi connectivity index (χ1) is 7.50. The van der Waals surface area contributed by atoms with Crippen molar-refractivity contribution in [3.05, 3.63) is 35.2 Å². The van der Waals surface area contributed by atoms with Crippen molar-refractivity contribution in [2.75, 3.05) is 0 Å². The highest BCUT2D eigenvalue weighted by Gasteiger charge is 2.12. The molecule has 0 aromatic heterocycles. The first-order valence-corrected chi connectivity index (χ1v) is 6.16. The van der Waals surface area contributed by atoms with Crippen LogP contribution in [0, 0.1) is 5.92 Å². The van der Waals surface area contributed by atoms with Crippen molar-refractivity contribution in [3.8, 4) is 0 Å². The predicted octanol–water partition coefficient (Wildman–Crippen LogP) is 5.33. The van der Waals surface area contributed by atoms with Crippen LogP contribution in [0.4, 0.5) is 4.39 Å². The summed E-state index contributed by atoms with van der Waals surface area (Å²) in [4.78, 5) is 0. The molecule has 0 saturated carbocycles. The lowest BCUT2D eigenvalue weighted by Crippen LogP contribution is -2.02. The molecule has 0 nitrogen and oxygen atoms in total. The van der Waals surface area contributed by atoms with Gasteiger partial charge in [-0.3, -0.25) is 0 Å². The molecule has 0 unspecified atom stereocenters. The van der Waals surface area contributed by atoms with Gasteiger partial charge in [0.25, 0.3) is 0 Å². The SMILES string of the molecule is C=C(C)[C@H]1C/C=C(/C)CC/C(F)=C(/C)CC1. The smallest absolute Gasteiger partial charge is 0.0991 e. The molecule has 0 spiro atoms. The molecular weight excluding hydrogens is 199 g/mol. The van der Waals surface area contributed by atoms with E-state index in [1.54, 1.807) is 0 Å². The molecule has 1 heteroatoms. The quantitative estimate of drug-likeness (QED) is 0.526. The minimum atomic E-state index is 0.0927. The summed E-state index contributed by atoms with van der Waals surface area (Å²) >= 11 is 0. The molecule has 0 aromatic rings. The zero-order chi connectivity index (χ0) is 12.1. The van der Waals surface area contributed by atoms with Crippen molar-refractivity contribution in [3.63, 3.8) is 0 Å². The molecule has 1 rings (SSSR count). The van der Waals surface area contributed by atoms with Crippen LogP contribution in [0.1, 0.15) is 52.9 Å². The van der Waals surface area contributed by atoms with Crippen molar-refractivity contribution in [2.24, 2.45) is 5.92 Å². The second kappa shape index (κ2) is 6.03. The highest BCUT2D eigenvalue weighted by atomic mass is 19.1. The predicted molar refractivity (Wildman–Crippen MR) is 69.0 cm³/mol. The van der Waals surface area contributed by atoms with Gasteiger partial charge in [-0.1, -0.05) is 23.8 Å². The van der Waals surface area contributed by atoms with Gasteiger partial charge in [-0.25, -0.2) is 4.39 Å². The van der Waals surface area contributed by atoms with Crippen LogP contribution in [-0.2, 0) is 0 Å². The van der Waals surface area contributed by atoms with Crippen LogP contribution < -0.4 is 0 Å². The van der Waals surface area contributed by atoms with Gasteiger partial charge >= 0.3 is 0 Å². The zero-order valence-corrected chi connectivity index (χ0v) is 10.8. The highest BCUT2D eigenvalue weighted by molar-refractivity contribution is 5.12. The number of halogens is 1. The third kappa shape index (κ3) is 3.96. The maximum atomic E-state index is 13.7. The van der Waals surface area contributed by atoms with Gasteiger partial charge in [-0.05, 0) is 57.9 Å². The Hall–Kier alpha value is -0.850. The standard InChI is InChI=1S/C15H23F/c1-11(2)14-8-5-12(3)6-10-15(16)13(4)7-9-14/h5,14H,1,6-10H2,2-4H3/b12-5-,15-13+/t14-/m0/s1. The summed E-state index contributed by atoms with van der Waals surface area (Å²) in [6.45, 7) is 10.1. The van der Waals surface area contributed by atoms with Crippen molar-refractivity contribution >= 4 is 0 Å². The molecule has 0 amide bonds. The van der Waals surface area contributed by atoms with E-state index < -0.39 is 0 Å². The van der Waals surface area contributed by atoms with Gasteiger partial charge in [0.05, 0.1) is 5.83 Å². The Morgan fingerprint density at radius 2 is 2.00 bits per heavy atom. The van der Waals surface area contributed by atoms with Gasteiger partial charge in [-0.2, -0.15) is 0 Å². The highest BCUT2D eigenvalue weighted by Crippen LogP contribution is 2.28. The minimum absolute atomic E-state index is 0.0927. The molecule has 0 radical (unpaired) electrons. The van der Waals surface area contributed by atoms with Crippen molar-refractivity contribution in [1.82, 2.24) is 0 Å². The lowest BCUT2D eigenvalue weighted by molar-refractivity contribution is 0.525. The Morgan fingerprint density at radius 1 is 1.31 bits per heavy atom. The lowest BCUT2D eigenvalue weighted by Gasteiger charge is -2.17. The molecule has 16 heavy (non-hydrogen) atoms. The van der Waals surface area contributed by atoms with E-state index in [1.165, 1.54) is 11.1 Å². The van der Waals surface area contributed by atoms with Gasteiger partial charge in [0, 0.05) is 6.42 Å². The molecule has 0 fully saturated rings. The third-order valence-corrected chi connectivity index (χ3v) is 3.52. The van der Waals surface area contributed by atoms with Crippen molar-refractivity contribution in [1.29, 1.82) is 0 Å². The van der Waals surface area contributed by atoms with Crippen molar-refractivity contribution in [2.45, 2.75) is 52.9 Å². The number of hydrogen-bond acceptors (Lipinski definition) is 0. The zero-order valence-electron chi connectivity index (χ0n) is 10.8. The first kappa shape index (κ1) is 13.2. The molecule has 1 aliphatic carbocycles. The Labute approximate surface area is 98.9 Å². The maximum absolute atomic E-state index is 13.7. The summed E-state index contributed by atoms with van der Waals surface area (Å²) in [5.74, 6) is 0.603. The molecule has 0 saturated heterocycles. The number of allylic oxidation sites excluding steroid dienone is 5.